The smallest absolute Gasteiger partial charge is 0.198 e. The van der Waals surface area contributed by atoms with Crippen molar-refractivity contribution in [2.45, 2.75) is 20.3 Å². The van der Waals surface area contributed by atoms with Gasteiger partial charge in [0.2, 0.25) is 0 Å². The third-order valence-corrected chi connectivity index (χ3v) is 5.00. The number of rotatable bonds is 4. The summed E-state index contributed by atoms with van der Waals surface area (Å²) in [5, 5.41) is 10.6. The molecule has 5 heteroatoms. The lowest BCUT2D eigenvalue weighted by molar-refractivity contribution is 0.0977. The van der Waals surface area contributed by atoms with E-state index in [0.29, 0.717) is 11.7 Å². The number of nitrogens with two attached hydrogens (primary N) is 1. The molecule has 0 aliphatic heterocycles. The molecule has 1 aliphatic carbocycles. The van der Waals surface area contributed by atoms with Crippen molar-refractivity contribution in [3.63, 3.8) is 0 Å². The van der Waals surface area contributed by atoms with Crippen molar-refractivity contribution in [2.75, 3.05) is 5.73 Å². The van der Waals surface area contributed by atoms with Crippen LogP contribution < -0.4 is 10.5 Å². The number of ketones is 2. The van der Waals surface area contributed by atoms with Gasteiger partial charge in [0.15, 0.2) is 17.3 Å². The number of anilines is 1. The van der Waals surface area contributed by atoms with Crippen molar-refractivity contribution in [1.29, 1.82) is 0 Å². The van der Waals surface area contributed by atoms with Crippen LogP contribution in [0.2, 0.25) is 0 Å². The number of carbonyl (C=O) groups excluding carboxylic acids is 2. The first-order valence-electron chi connectivity index (χ1n) is 9.48. The van der Waals surface area contributed by atoms with E-state index in [1.165, 1.54) is 6.07 Å². The highest BCUT2D eigenvalue weighted by atomic mass is 16.5. The molecule has 1 aliphatic rings. The molecule has 0 radical (unpaired) electrons. The first-order valence-corrected chi connectivity index (χ1v) is 9.48. The Kier molecular flexibility index (Phi) is 4.59. The largest absolute Gasteiger partial charge is 0.507 e. The zero-order valence-electron chi connectivity index (χ0n) is 16.2. The number of carbonyl (C=O) groups is 2. The summed E-state index contributed by atoms with van der Waals surface area (Å²) in [5.41, 5.74) is 7.76. The predicted octanol–water partition coefficient (Wildman–Crippen LogP) is 4.74. The molecular formula is C24H21NO4. The molecule has 0 aromatic heterocycles. The summed E-state index contributed by atoms with van der Waals surface area (Å²) in [7, 11) is 0. The number of hydrogen-bond donors (Lipinski definition) is 2. The topological polar surface area (TPSA) is 89.6 Å². The molecule has 0 fully saturated rings. The highest BCUT2D eigenvalue weighted by molar-refractivity contribution is 6.31. The second-order valence-electron chi connectivity index (χ2n) is 7.57. The highest BCUT2D eigenvalue weighted by Crippen LogP contribution is 2.43. The number of phenols is 1. The normalized spacial score (nSPS) is 12.7. The Labute approximate surface area is 168 Å². The zero-order chi connectivity index (χ0) is 20.7. The van der Waals surface area contributed by atoms with Gasteiger partial charge < -0.3 is 15.6 Å². The second kappa shape index (κ2) is 7.09. The summed E-state index contributed by atoms with van der Waals surface area (Å²) in [6.07, 6.45) is 0.803. The monoisotopic (exact) mass is 387 g/mol. The van der Waals surface area contributed by atoms with Crippen LogP contribution in [0.15, 0.2) is 54.6 Å². The summed E-state index contributed by atoms with van der Waals surface area (Å²) in [4.78, 5) is 25.9. The van der Waals surface area contributed by atoms with Crippen molar-refractivity contribution in [1.82, 2.24) is 0 Å². The minimum atomic E-state index is -0.425. The molecule has 0 bridgehead atoms. The maximum Gasteiger partial charge on any atom is 0.198 e. The summed E-state index contributed by atoms with van der Waals surface area (Å²) in [6, 6.07) is 15.4. The van der Waals surface area contributed by atoms with Crippen LogP contribution in [-0.4, -0.2) is 16.7 Å². The molecule has 3 N–H and O–H groups in total. The quantitative estimate of drug-likeness (QED) is 0.390. The standard InChI is InChI=1S/C24H21NO4/c1-13(2)11-14-7-3-6-10-18(14)29-19-12-17(26)20-21(22(19)25)24(28)16-9-5-4-8-15(16)23(20)27/h3-10,12-13,26H,11,25H2,1-2H3. The first kappa shape index (κ1) is 18.7. The Morgan fingerprint density at radius 1 is 0.897 bits per heavy atom. The molecule has 146 valence electrons. The van der Waals surface area contributed by atoms with Gasteiger partial charge in [-0.25, -0.2) is 0 Å². The average Bonchev–Trinajstić information content (AvgIpc) is 2.69. The average molecular weight is 387 g/mol. The van der Waals surface area contributed by atoms with E-state index >= 15 is 0 Å². The van der Waals surface area contributed by atoms with Gasteiger partial charge in [0.25, 0.3) is 0 Å². The van der Waals surface area contributed by atoms with Crippen LogP contribution in [0.1, 0.15) is 51.3 Å². The van der Waals surface area contributed by atoms with Crippen LogP contribution in [0.3, 0.4) is 0 Å². The van der Waals surface area contributed by atoms with Crippen molar-refractivity contribution >= 4 is 17.3 Å². The molecule has 3 aromatic rings. The van der Waals surface area contributed by atoms with Gasteiger partial charge in [0.1, 0.15) is 11.5 Å². The van der Waals surface area contributed by atoms with Crippen molar-refractivity contribution < 1.29 is 19.4 Å². The Morgan fingerprint density at radius 3 is 2.14 bits per heavy atom. The number of fused-ring (bicyclic) bond motifs is 2. The van der Waals surface area contributed by atoms with Crippen LogP contribution in [0.5, 0.6) is 17.2 Å². The Balaban J connectivity index is 1.83. The maximum absolute atomic E-state index is 13.0. The number of phenolic OH excluding ortho intramolecular Hbond substituents is 1. The summed E-state index contributed by atoms with van der Waals surface area (Å²) in [5.74, 6) is 0.0263. The third-order valence-electron chi connectivity index (χ3n) is 5.00. The molecule has 0 amide bonds. The number of hydrogen-bond acceptors (Lipinski definition) is 5. The first-order chi connectivity index (χ1) is 13.9. The van der Waals surface area contributed by atoms with E-state index in [1.54, 1.807) is 24.3 Å². The molecule has 5 nitrogen and oxygen atoms in total. The summed E-state index contributed by atoms with van der Waals surface area (Å²) >= 11 is 0. The minimum Gasteiger partial charge on any atom is -0.507 e. The Bertz CT molecular complexity index is 1150. The molecule has 3 aromatic carbocycles. The van der Waals surface area contributed by atoms with Gasteiger partial charge in [-0.05, 0) is 24.0 Å². The second-order valence-corrected chi connectivity index (χ2v) is 7.57. The predicted molar refractivity (Wildman–Crippen MR) is 111 cm³/mol. The highest BCUT2D eigenvalue weighted by Gasteiger charge is 2.35. The number of aromatic hydroxyl groups is 1. The van der Waals surface area contributed by atoms with Gasteiger partial charge >= 0.3 is 0 Å². The minimum absolute atomic E-state index is 0.00922. The molecule has 0 atom stereocenters. The summed E-state index contributed by atoms with van der Waals surface area (Å²) < 4.78 is 6.01. The maximum atomic E-state index is 13.0. The van der Waals surface area contributed by atoms with Gasteiger partial charge in [-0.3, -0.25) is 9.59 Å². The fourth-order valence-electron chi connectivity index (χ4n) is 3.69. The molecular weight excluding hydrogens is 366 g/mol. The zero-order valence-corrected chi connectivity index (χ0v) is 16.2. The molecule has 0 heterocycles. The van der Waals surface area contributed by atoms with E-state index in [2.05, 4.69) is 13.8 Å². The van der Waals surface area contributed by atoms with E-state index in [4.69, 9.17) is 10.5 Å². The van der Waals surface area contributed by atoms with Crippen molar-refractivity contribution in [3.8, 4) is 17.2 Å². The van der Waals surface area contributed by atoms with Crippen LogP contribution in [-0.2, 0) is 6.42 Å². The third kappa shape index (κ3) is 3.14. The molecule has 4 rings (SSSR count). The van der Waals surface area contributed by atoms with E-state index in [1.807, 2.05) is 24.3 Å². The lowest BCUT2D eigenvalue weighted by Crippen LogP contribution is -2.22. The van der Waals surface area contributed by atoms with E-state index in [0.717, 1.165) is 12.0 Å². The Hall–Kier alpha value is -3.60. The van der Waals surface area contributed by atoms with Crippen molar-refractivity contribution in [2.24, 2.45) is 5.92 Å². The van der Waals surface area contributed by atoms with Gasteiger partial charge in [0, 0.05) is 17.2 Å². The van der Waals surface area contributed by atoms with E-state index in [-0.39, 0.29) is 39.4 Å². The van der Waals surface area contributed by atoms with Gasteiger partial charge in [-0.1, -0.05) is 56.3 Å². The van der Waals surface area contributed by atoms with E-state index in [9.17, 15) is 14.7 Å². The Morgan fingerprint density at radius 2 is 1.48 bits per heavy atom. The van der Waals surface area contributed by atoms with Crippen LogP contribution in [0.25, 0.3) is 0 Å². The molecule has 0 unspecified atom stereocenters. The lowest BCUT2D eigenvalue weighted by atomic mass is 9.82. The molecule has 0 spiro atoms. The molecule has 0 saturated heterocycles. The van der Waals surface area contributed by atoms with Crippen LogP contribution >= 0.6 is 0 Å². The van der Waals surface area contributed by atoms with Crippen LogP contribution in [0, 0.1) is 5.92 Å². The van der Waals surface area contributed by atoms with E-state index < -0.39 is 11.6 Å². The fourth-order valence-corrected chi connectivity index (χ4v) is 3.69. The number of benzene rings is 3. The van der Waals surface area contributed by atoms with Crippen molar-refractivity contribution in [3.05, 3.63) is 82.4 Å². The van der Waals surface area contributed by atoms with Gasteiger partial charge in [-0.15, -0.1) is 0 Å². The number of ether oxygens (including phenoxy) is 1. The number of para-hydroxylation sites is 1. The van der Waals surface area contributed by atoms with Gasteiger partial charge in [-0.2, -0.15) is 0 Å². The van der Waals surface area contributed by atoms with Gasteiger partial charge in [0.05, 0.1) is 16.8 Å². The fraction of sp³-hybridized carbons (Fsp3) is 0.167. The molecule has 0 saturated carbocycles. The van der Waals surface area contributed by atoms with Crippen LogP contribution in [0.4, 0.5) is 5.69 Å². The molecule has 29 heavy (non-hydrogen) atoms. The SMILES string of the molecule is CC(C)Cc1ccccc1Oc1cc(O)c2c(c1N)C(=O)c1ccccc1C2=O. The number of nitrogen functional groups attached to an aromatic ring is 1. The summed E-state index contributed by atoms with van der Waals surface area (Å²) in [6.45, 7) is 4.22. The lowest BCUT2D eigenvalue weighted by Gasteiger charge is -2.22.